The zero-order valence-electron chi connectivity index (χ0n) is 19.5. The molecule has 0 radical (unpaired) electrons. The van der Waals surface area contributed by atoms with E-state index in [-0.39, 0.29) is 5.91 Å². The average molecular weight is 452 g/mol. The summed E-state index contributed by atoms with van der Waals surface area (Å²) in [5.41, 5.74) is 2.42. The minimum Gasteiger partial charge on any atom is -0.314 e. The SMILES string of the molecule is CSN(C)C(=O)/C=C/c1ccc(CN2CCC(CNC3CC3)CC2)cc1.c1ccccc1. The van der Waals surface area contributed by atoms with Gasteiger partial charge in [0, 0.05) is 32.0 Å². The monoisotopic (exact) mass is 451 g/mol. The molecule has 4 rings (SSSR count). The van der Waals surface area contributed by atoms with Gasteiger partial charge >= 0.3 is 0 Å². The number of likely N-dealkylation sites (tertiary alicyclic amines) is 1. The van der Waals surface area contributed by atoms with E-state index in [4.69, 9.17) is 0 Å². The Hall–Kier alpha value is -2.08. The van der Waals surface area contributed by atoms with Crippen molar-refractivity contribution in [3.63, 3.8) is 0 Å². The Bertz CT molecular complexity index is 786. The van der Waals surface area contributed by atoms with E-state index in [1.54, 1.807) is 17.4 Å². The summed E-state index contributed by atoms with van der Waals surface area (Å²) in [5.74, 6) is 0.872. The van der Waals surface area contributed by atoms with E-state index in [0.29, 0.717) is 0 Å². The Balaban J connectivity index is 0.000000416. The molecule has 2 aromatic carbocycles. The van der Waals surface area contributed by atoms with Crippen molar-refractivity contribution in [2.75, 3.05) is 32.9 Å². The van der Waals surface area contributed by atoms with Gasteiger partial charge < -0.3 is 5.32 Å². The van der Waals surface area contributed by atoms with Crippen LogP contribution in [0.15, 0.2) is 66.7 Å². The second kappa shape index (κ2) is 13.5. The predicted molar refractivity (Wildman–Crippen MR) is 137 cm³/mol. The number of piperidine rings is 1. The lowest BCUT2D eigenvalue weighted by molar-refractivity contribution is -0.120. The molecule has 1 amide bonds. The highest BCUT2D eigenvalue weighted by atomic mass is 32.2. The Morgan fingerprint density at radius 2 is 1.62 bits per heavy atom. The number of hydrogen-bond acceptors (Lipinski definition) is 4. The third-order valence-electron chi connectivity index (χ3n) is 6.03. The lowest BCUT2D eigenvalue weighted by Gasteiger charge is -2.32. The summed E-state index contributed by atoms with van der Waals surface area (Å²) in [6.07, 6.45) is 10.8. The fourth-order valence-corrected chi connectivity index (χ4v) is 3.95. The highest BCUT2D eigenvalue weighted by Crippen LogP contribution is 2.22. The van der Waals surface area contributed by atoms with Gasteiger partial charge in [0.1, 0.15) is 0 Å². The molecule has 2 fully saturated rings. The van der Waals surface area contributed by atoms with Gasteiger partial charge in [-0.1, -0.05) is 72.6 Å². The molecule has 0 atom stereocenters. The van der Waals surface area contributed by atoms with Crippen molar-refractivity contribution < 1.29 is 4.79 Å². The number of hydrogen-bond donors (Lipinski definition) is 1. The summed E-state index contributed by atoms with van der Waals surface area (Å²) < 4.78 is 1.62. The maximum Gasteiger partial charge on any atom is 0.256 e. The minimum absolute atomic E-state index is 0.0145. The van der Waals surface area contributed by atoms with Crippen molar-refractivity contribution in [3.8, 4) is 0 Å². The van der Waals surface area contributed by atoms with Crippen LogP contribution in [0.5, 0.6) is 0 Å². The molecule has 2 aliphatic rings. The van der Waals surface area contributed by atoms with Gasteiger partial charge in [-0.3, -0.25) is 14.0 Å². The van der Waals surface area contributed by atoms with Crippen molar-refractivity contribution in [1.29, 1.82) is 0 Å². The highest BCUT2D eigenvalue weighted by molar-refractivity contribution is 7.96. The molecule has 0 spiro atoms. The molecule has 1 aliphatic carbocycles. The molecule has 1 aliphatic heterocycles. The molecule has 1 heterocycles. The molecule has 0 aromatic heterocycles. The van der Waals surface area contributed by atoms with Gasteiger partial charge in [0.2, 0.25) is 0 Å². The standard InChI is InChI=1S/C21H31N3OS.C6H6/c1-23(26-2)21(25)10-7-17-3-5-19(6-4-17)16-24-13-11-18(12-14-24)15-22-20-8-9-20;1-2-4-6-5-3-1/h3-7,10,18,20,22H,8-9,11-16H2,1-2H3;1-6H/b10-7+;. The summed E-state index contributed by atoms with van der Waals surface area (Å²) in [4.78, 5) is 14.4. The van der Waals surface area contributed by atoms with Gasteiger partial charge in [0.05, 0.1) is 0 Å². The van der Waals surface area contributed by atoms with Crippen LogP contribution in [-0.4, -0.2) is 54.1 Å². The summed E-state index contributed by atoms with van der Waals surface area (Å²) in [6, 6.07) is 21.4. The lowest BCUT2D eigenvalue weighted by Crippen LogP contribution is -2.37. The van der Waals surface area contributed by atoms with Crippen LogP contribution in [0, 0.1) is 5.92 Å². The first kappa shape index (κ1) is 24.6. The zero-order chi connectivity index (χ0) is 22.6. The summed E-state index contributed by atoms with van der Waals surface area (Å²) in [7, 11) is 1.78. The number of benzene rings is 2. The van der Waals surface area contributed by atoms with Crippen LogP contribution in [0.1, 0.15) is 36.8 Å². The maximum atomic E-state index is 11.8. The zero-order valence-corrected chi connectivity index (χ0v) is 20.3. The molecule has 172 valence electrons. The summed E-state index contributed by atoms with van der Waals surface area (Å²) in [5, 5.41) is 3.67. The number of nitrogens with one attached hydrogen (secondary N) is 1. The van der Waals surface area contributed by atoms with E-state index in [1.807, 2.05) is 48.7 Å². The van der Waals surface area contributed by atoms with Crippen LogP contribution >= 0.6 is 11.9 Å². The Kier molecular flexibility index (Phi) is 10.3. The van der Waals surface area contributed by atoms with Crippen molar-refractivity contribution >= 4 is 23.9 Å². The van der Waals surface area contributed by atoms with Gasteiger partial charge in [-0.15, -0.1) is 0 Å². The van der Waals surface area contributed by atoms with Gasteiger partial charge in [0.15, 0.2) is 0 Å². The normalized spacial score (nSPS) is 17.1. The van der Waals surface area contributed by atoms with Crippen LogP contribution in [0.25, 0.3) is 6.08 Å². The molecule has 4 nitrogen and oxygen atoms in total. The molecular weight excluding hydrogens is 414 g/mol. The third kappa shape index (κ3) is 9.19. The van der Waals surface area contributed by atoms with E-state index in [2.05, 4.69) is 34.5 Å². The van der Waals surface area contributed by atoms with Crippen LogP contribution in [0.3, 0.4) is 0 Å². The molecule has 1 N–H and O–H groups in total. The van der Waals surface area contributed by atoms with E-state index in [0.717, 1.165) is 24.1 Å². The lowest BCUT2D eigenvalue weighted by atomic mass is 9.96. The number of carbonyl (C=O) groups excluding carboxylic acids is 1. The first-order chi connectivity index (χ1) is 15.6. The van der Waals surface area contributed by atoms with Crippen LogP contribution < -0.4 is 5.32 Å². The Morgan fingerprint density at radius 1 is 1.03 bits per heavy atom. The van der Waals surface area contributed by atoms with Crippen LogP contribution in [-0.2, 0) is 11.3 Å². The predicted octanol–water partition coefficient (Wildman–Crippen LogP) is 5.09. The second-order valence-electron chi connectivity index (χ2n) is 8.65. The molecule has 2 aromatic rings. The van der Waals surface area contributed by atoms with E-state index < -0.39 is 0 Å². The van der Waals surface area contributed by atoms with Crippen molar-refractivity contribution in [2.24, 2.45) is 5.92 Å². The fraction of sp³-hybridized carbons (Fsp3) is 0.444. The molecular formula is C27H37N3OS. The molecule has 0 bridgehead atoms. The van der Waals surface area contributed by atoms with E-state index in [1.165, 1.54) is 62.8 Å². The number of likely N-dealkylation sites (N-methyl/N-ethyl adjacent to an activating group) is 1. The topological polar surface area (TPSA) is 35.6 Å². The fourth-order valence-electron chi connectivity index (χ4n) is 3.71. The average Bonchev–Trinajstić information content (AvgIpc) is 3.68. The van der Waals surface area contributed by atoms with E-state index in [9.17, 15) is 4.79 Å². The van der Waals surface area contributed by atoms with Crippen molar-refractivity contribution in [3.05, 3.63) is 77.9 Å². The number of amides is 1. The smallest absolute Gasteiger partial charge is 0.256 e. The Labute approximate surface area is 198 Å². The largest absolute Gasteiger partial charge is 0.314 e. The summed E-state index contributed by atoms with van der Waals surface area (Å²) in [6.45, 7) is 4.65. The first-order valence-electron chi connectivity index (χ1n) is 11.7. The highest BCUT2D eigenvalue weighted by Gasteiger charge is 2.24. The van der Waals surface area contributed by atoms with Crippen molar-refractivity contribution in [2.45, 2.75) is 38.3 Å². The van der Waals surface area contributed by atoms with E-state index >= 15 is 0 Å². The second-order valence-corrected chi connectivity index (χ2v) is 9.56. The summed E-state index contributed by atoms with van der Waals surface area (Å²) >= 11 is 1.42. The third-order valence-corrected chi connectivity index (χ3v) is 6.76. The number of nitrogens with zero attached hydrogens (tertiary/aromatic N) is 2. The minimum atomic E-state index is 0.0145. The molecule has 32 heavy (non-hydrogen) atoms. The molecule has 1 saturated heterocycles. The number of rotatable bonds is 8. The molecule has 1 saturated carbocycles. The van der Waals surface area contributed by atoms with Gasteiger partial charge in [-0.2, -0.15) is 0 Å². The quantitative estimate of drug-likeness (QED) is 0.448. The van der Waals surface area contributed by atoms with Crippen LogP contribution in [0.4, 0.5) is 0 Å². The van der Waals surface area contributed by atoms with Gasteiger partial charge in [-0.05, 0) is 68.4 Å². The maximum absolute atomic E-state index is 11.8. The Morgan fingerprint density at radius 3 is 2.16 bits per heavy atom. The van der Waals surface area contributed by atoms with Crippen LogP contribution in [0.2, 0.25) is 0 Å². The molecule has 5 heteroatoms. The van der Waals surface area contributed by atoms with Crippen molar-refractivity contribution in [1.82, 2.24) is 14.5 Å². The van der Waals surface area contributed by atoms with Gasteiger partial charge in [-0.25, -0.2) is 0 Å². The number of carbonyl (C=O) groups is 1. The first-order valence-corrected chi connectivity index (χ1v) is 12.9. The van der Waals surface area contributed by atoms with Gasteiger partial charge in [0.25, 0.3) is 5.91 Å². The molecule has 0 unspecified atom stereocenters.